The number of amides is 1. The van der Waals surface area contributed by atoms with Gasteiger partial charge in [0.25, 0.3) is 0 Å². The summed E-state index contributed by atoms with van der Waals surface area (Å²) in [6.45, 7) is 3.04. The van der Waals surface area contributed by atoms with E-state index in [4.69, 9.17) is 21.3 Å². The SMILES string of the molecule is O=C(NC1CCOCC1)C1CCN(c2nc(-c3ccnc(Cl)c3)cc3cnccc23)CC1. The van der Waals surface area contributed by atoms with Gasteiger partial charge in [-0.3, -0.25) is 9.78 Å². The Hall–Kier alpha value is -2.77. The van der Waals surface area contributed by atoms with E-state index in [1.165, 1.54) is 0 Å². The summed E-state index contributed by atoms with van der Waals surface area (Å²) in [4.78, 5) is 28.4. The molecule has 2 saturated heterocycles. The number of carbonyl (C=O) groups excluding carboxylic acids is 1. The summed E-state index contributed by atoms with van der Waals surface area (Å²) in [5, 5.41) is 5.76. The number of fused-ring (bicyclic) bond motifs is 1. The minimum atomic E-state index is 0.0456. The fourth-order valence-corrected chi connectivity index (χ4v) is 4.72. The van der Waals surface area contributed by atoms with Crippen LogP contribution in [0, 0.1) is 5.92 Å². The molecule has 2 fully saturated rings. The van der Waals surface area contributed by atoms with E-state index >= 15 is 0 Å². The van der Waals surface area contributed by atoms with Gasteiger partial charge in [0, 0.05) is 73.2 Å². The third kappa shape index (κ3) is 4.54. The van der Waals surface area contributed by atoms with E-state index in [0.717, 1.165) is 79.8 Å². The van der Waals surface area contributed by atoms with Crippen LogP contribution in [0.5, 0.6) is 0 Å². The van der Waals surface area contributed by atoms with E-state index in [0.29, 0.717) is 5.15 Å². The molecule has 2 aliphatic heterocycles. The smallest absolute Gasteiger partial charge is 0.223 e. The fraction of sp³-hybridized carbons (Fsp3) is 0.417. The highest BCUT2D eigenvalue weighted by Gasteiger charge is 2.28. The molecule has 5 heterocycles. The molecule has 8 heteroatoms. The molecule has 0 aliphatic carbocycles. The first kappa shape index (κ1) is 21.1. The van der Waals surface area contributed by atoms with Crippen LogP contribution in [-0.4, -0.2) is 53.2 Å². The Morgan fingerprint density at radius 3 is 2.69 bits per heavy atom. The van der Waals surface area contributed by atoms with Crippen molar-refractivity contribution >= 4 is 34.1 Å². The second kappa shape index (κ2) is 9.38. The van der Waals surface area contributed by atoms with E-state index in [1.54, 1.807) is 12.4 Å². The van der Waals surface area contributed by atoms with Gasteiger partial charge in [0.2, 0.25) is 5.91 Å². The van der Waals surface area contributed by atoms with Gasteiger partial charge in [0.15, 0.2) is 0 Å². The number of ether oxygens (including phenoxy) is 1. The molecular formula is C24H26ClN5O2. The van der Waals surface area contributed by atoms with Crippen molar-refractivity contribution < 1.29 is 9.53 Å². The summed E-state index contributed by atoms with van der Waals surface area (Å²) < 4.78 is 5.39. The monoisotopic (exact) mass is 451 g/mol. The molecule has 0 bridgehead atoms. The molecule has 0 radical (unpaired) electrons. The van der Waals surface area contributed by atoms with Crippen LogP contribution in [0.2, 0.25) is 5.15 Å². The summed E-state index contributed by atoms with van der Waals surface area (Å²) in [7, 11) is 0. The summed E-state index contributed by atoms with van der Waals surface area (Å²) in [5.74, 6) is 1.15. The Morgan fingerprint density at radius 2 is 1.91 bits per heavy atom. The zero-order chi connectivity index (χ0) is 21.9. The second-order valence-corrected chi connectivity index (χ2v) is 8.84. The summed E-state index contributed by atoms with van der Waals surface area (Å²) in [6.07, 6.45) is 8.78. The number of rotatable bonds is 4. The van der Waals surface area contributed by atoms with Crippen LogP contribution in [0.1, 0.15) is 25.7 Å². The lowest BCUT2D eigenvalue weighted by Gasteiger charge is -2.34. The number of halogens is 1. The molecule has 2 aliphatic rings. The summed E-state index contributed by atoms with van der Waals surface area (Å²) in [5.41, 5.74) is 1.76. The second-order valence-electron chi connectivity index (χ2n) is 8.45. The normalized spacial score (nSPS) is 18.1. The summed E-state index contributed by atoms with van der Waals surface area (Å²) in [6, 6.07) is 8.02. The van der Waals surface area contributed by atoms with Crippen molar-refractivity contribution in [1.29, 1.82) is 0 Å². The largest absolute Gasteiger partial charge is 0.381 e. The van der Waals surface area contributed by atoms with E-state index < -0.39 is 0 Å². The van der Waals surface area contributed by atoms with Gasteiger partial charge in [-0.15, -0.1) is 0 Å². The predicted octanol–water partition coefficient (Wildman–Crippen LogP) is 3.86. The van der Waals surface area contributed by atoms with Crippen molar-refractivity contribution in [2.45, 2.75) is 31.7 Å². The molecule has 0 unspecified atom stereocenters. The highest BCUT2D eigenvalue weighted by molar-refractivity contribution is 6.29. The molecule has 1 amide bonds. The number of pyridine rings is 3. The van der Waals surface area contributed by atoms with Crippen LogP contribution in [0.4, 0.5) is 5.82 Å². The van der Waals surface area contributed by atoms with Crippen LogP contribution in [0.3, 0.4) is 0 Å². The van der Waals surface area contributed by atoms with Crippen molar-refractivity contribution in [3.8, 4) is 11.3 Å². The Morgan fingerprint density at radius 1 is 1.09 bits per heavy atom. The number of hydrogen-bond donors (Lipinski definition) is 1. The molecule has 1 N–H and O–H groups in total. The predicted molar refractivity (Wildman–Crippen MR) is 125 cm³/mol. The third-order valence-electron chi connectivity index (χ3n) is 6.37. The molecule has 166 valence electrons. The third-order valence-corrected chi connectivity index (χ3v) is 6.57. The number of carbonyl (C=O) groups is 1. The molecular weight excluding hydrogens is 426 g/mol. The van der Waals surface area contributed by atoms with Gasteiger partial charge in [-0.25, -0.2) is 9.97 Å². The van der Waals surface area contributed by atoms with Crippen molar-refractivity contribution in [2.75, 3.05) is 31.2 Å². The molecule has 0 spiro atoms. The van der Waals surface area contributed by atoms with Gasteiger partial charge < -0.3 is 15.0 Å². The van der Waals surface area contributed by atoms with Gasteiger partial charge in [-0.1, -0.05) is 11.6 Å². The maximum atomic E-state index is 12.8. The first-order valence-corrected chi connectivity index (χ1v) is 11.5. The molecule has 7 nitrogen and oxygen atoms in total. The lowest BCUT2D eigenvalue weighted by molar-refractivity contribution is -0.126. The van der Waals surface area contributed by atoms with Crippen molar-refractivity contribution in [3.05, 3.63) is 48.0 Å². The number of anilines is 1. The van der Waals surface area contributed by atoms with E-state index in [2.05, 4.69) is 20.2 Å². The molecule has 5 rings (SSSR count). The van der Waals surface area contributed by atoms with Crippen LogP contribution in [0.15, 0.2) is 42.9 Å². The number of piperidine rings is 1. The van der Waals surface area contributed by atoms with Crippen LogP contribution < -0.4 is 10.2 Å². The van der Waals surface area contributed by atoms with Crippen molar-refractivity contribution in [1.82, 2.24) is 20.3 Å². The topological polar surface area (TPSA) is 80.2 Å². The molecule has 0 saturated carbocycles. The van der Waals surface area contributed by atoms with E-state index in [-0.39, 0.29) is 17.9 Å². The Balaban J connectivity index is 1.35. The molecule has 3 aromatic rings. The Kier molecular flexibility index (Phi) is 6.19. The first-order valence-electron chi connectivity index (χ1n) is 11.2. The quantitative estimate of drug-likeness (QED) is 0.607. The average Bonchev–Trinajstić information content (AvgIpc) is 2.84. The highest BCUT2D eigenvalue weighted by Crippen LogP contribution is 2.32. The van der Waals surface area contributed by atoms with Gasteiger partial charge in [-0.2, -0.15) is 0 Å². The first-order chi connectivity index (χ1) is 15.7. The van der Waals surface area contributed by atoms with Gasteiger partial charge in [0.1, 0.15) is 11.0 Å². The average molecular weight is 452 g/mol. The highest BCUT2D eigenvalue weighted by atomic mass is 35.5. The Bertz CT molecular complexity index is 1110. The summed E-state index contributed by atoms with van der Waals surface area (Å²) >= 11 is 6.11. The minimum Gasteiger partial charge on any atom is -0.381 e. The minimum absolute atomic E-state index is 0.0456. The lowest BCUT2D eigenvalue weighted by atomic mass is 9.94. The fourth-order valence-electron chi connectivity index (χ4n) is 4.54. The molecule has 3 aromatic heterocycles. The molecule has 32 heavy (non-hydrogen) atoms. The molecule has 0 aromatic carbocycles. The number of aromatic nitrogens is 3. The number of nitrogens with one attached hydrogen (secondary N) is 1. The zero-order valence-corrected chi connectivity index (χ0v) is 18.6. The van der Waals surface area contributed by atoms with Gasteiger partial charge in [0.05, 0.1) is 5.69 Å². The number of nitrogens with zero attached hydrogens (tertiary/aromatic N) is 4. The van der Waals surface area contributed by atoms with Gasteiger partial charge >= 0.3 is 0 Å². The van der Waals surface area contributed by atoms with Crippen LogP contribution in [-0.2, 0) is 9.53 Å². The maximum absolute atomic E-state index is 12.8. The Labute approximate surface area is 192 Å². The van der Waals surface area contributed by atoms with Crippen molar-refractivity contribution in [3.63, 3.8) is 0 Å². The zero-order valence-electron chi connectivity index (χ0n) is 17.8. The van der Waals surface area contributed by atoms with Crippen LogP contribution >= 0.6 is 11.6 Å². The standard InChI is InChI=1S/C24H26ClN5O2/c25-22-14-17(1-8-27-22)21-13-18-15-26-7-2-20(18)23(29-21)30-9-3-16(4-10-30)24(31)28-19-5-11-32-12-6-19/h1-2,7-8,13-16,19H,3-6,9-12H2,(H,28,31). The van der Waals surface area contributed by atoms with Gasteiger partial charge in [-0.05, 0) is 49.9 Å². The van der Waals surface area contributed by atoms with E-state index in [9.17, 15) is 4.79 Å². The molecule has 0 atom stereocenters. The van der Waals surface area contributed by atoms with E-state index in [1.807, 2.05) is 30.5 Å². The van der Waals surface area contributed by atoms with Crippen molar-refractivity contribution in [2.24, 2.45) is 5.92 Å². The lowest BCUT2D eigenvalue weighted by Crippen LogP contribution is -2.45. The van der Waals surface area contributed by atoms with Crippen LogP contribution in [0.25, 0.3) is 22.0 Å². The number of hydrogen-bond acceptors (Lipinski definition) is 6. The maximum Gasteiger partial charge on any atom is 0.223 e.